The molecule has 4 N–H and O–H groups in total. The van der Waals surface area contributed by atoms with Crippen LogP contribution in [0, 0.1) is 5.82 Å². The van der Waals surface area contributed by atoms with Gasteiger partial charge in [0.15, 0.2) is 5.82 Å². The number of hydrogen-bond acceptors (Lipinski definition) is 7. The van der Waals surface area contributed by atoms with Gasteiger partial charge in [0.05, 0.1) is 35.2 Å². The molecule has 0 atom stereocenters. The number of hydrogen-bond donors (Lipinski definition) is 4. The summed E-state index contributed by atoms with van der Waals surface area (Å²) in [6.07, 6.45) is 4.94. The van der Waals surface area contributed by atoms with Gasteiger partial charge in [-0.3, -0.25) is 19.9 Å². The number of nitrogens with zero attached hydrogens (tertiary/aromatic N) is 5. The van der Waals surface area contributed by atoms with E-state index in [-0.39, 0.29) is 18.2 Å². The summed E-state index contributed by atoms with van der Waals surface area (Å²) in [5.41, 5.74) is 5.79. The first kappa shape index (κ1) is 24.2. The van der Waals surface area contributed by atoms with E-state index in [4.69, 9.17) is 4.98 Å². The smallest absolute Gasteiger partial charge is 0.238 e. The Bertz CT molecular complexity index is 1840. The molecule has 1 amide bonds. The predicted octanol–water partition coefficient (Wildman–Crippen LogP) is 4.58. The predicted molar refractivity (Wildman–Crippen MR) is 146 cm³/mol. The zero-order valence-corrected chi connectivity index (χ0v) is 21.0. The maximum absolute atomic E-state index is 14.0. The fourth-order valence-corrected chi connectivity index (χ4v) is 4.50. The molecule has 6 rings (SSSR count). The molecule has 0 unspecified atom stereocenters. The summed E-state index contributed by atoms with van der Waals surface area (Å²) in [5, 5.41) is 21.1. The van der Waals surface area contributed by atoms with Crippen molar-refractivity contribution in [3.05, 3.63) is 72.9 Å². The molecule has 0 aliphatic heterocycles. The van der Waals surface area contributed by atoms with Gasteiger partial charge in [-0.15, -0.1) is 0 Å². The van der Waals surface area contributed by atoms with Crippen LogP contribution in [0.4, 0.5) is 10.1 Å². The highest BCUT2D eigenvalue weighted by Gasteiger charge is 2.17. The molecule has 0 fully saturated rings. The number of amides is 1. The van der Waals surface area contributed by atoms with E-state index in [1.54, 1.807) is 29.6 Å². The van der Waals surface area contributed by atoms with Crippen molar-refractivity contribution in [2.75, 3.05) is 26.0 Å². The van der Waals surface area contributed by atoms with Crippen molar-refractivity contribution in [1.29, 1.82) is 0 Å². The lowest BCUT2D eigenvalue weighted by atomic mass is 10.0. The van der Waals surface area contributed by atoms with Gasteiger partial charge < -0.3 is 20.3 Å². The first-order valence-corrected chi connectivity index (χ1v) is 12.1. The molecule has 0 aliphatic carbocycles. The highest BCUT2D eigenvalue weighted by atomic mass is 19.1. The van der Waals surface area contributed by atoms with Gasteiger partial charge >= 0.3 is 0 Å². The summed E-state index contributed by atoms with van der Waals surface area (Å²) in [5.74, 6) is -0.382. The number of aromatic amines is 2. The number of anilines is 1. The zero-order valence-electron chi connectivity index (χ0n) is 21.0. The van der Waals surface area contributed by atoms with Gasteiger partial charge in [0.1, 0.15) is 22.8 Å². The van der Waals surface area contributed by atoms with Crippen LogP contribution in [0.5, 0.6) is 5.75 Å². The quantitative estimate of drug-likeness (QED) is 0.251. The van der Waals surface area contributed by atoms with Crippen molar-refractivity contribution in [2.45, 2.75) is 0 Å². The molecular weight excluding hydrogens is 499 g/mol. The molecule has 0 bridgehead atoms. The van der Waals surface area contributed by atoms with Crippen LogP contribution in [0.2, 0.25) is 0 Å². The van der Waals surface area contributed by atoms with E-state index in [0.29, 0.717) is 39.5 Å². The minimum Gasteiger partial charge on any atom is -0.508 e. The van der Waals surface area contributed by atoms with Gasteiger partial charge in [-0.05, 0) is 56.1 Å². The number of imidazole rings is 1. The zero-order chi connectivity index (χ0) is 27.1. The third-order valence-electron chi connectivity index (χ3n) is 6.16. The summed E-state index contributed by atoms with van der Waals surface area (Å²) in [6, 6.07) is 13.3. The van der Waals surface area contributed by atoms with E-state index >= 15 is 0 Å². The Morgan fingerprint density at radius 3 is 2.69 bits per heavy atom. The van der Waals surface area contributed by atoms with Crippen molar-refractivity contribution >= 4 is 33.5 Å². The number of carbonyl (C=O) groups is 1. The second kappa shape index (κ2) is 9.62. The molecule has 6 aromatic rings. The Kier molecular flexibility index (Phi) is 5.97. The standard InChI is InChI=1S/C28H23FN8O2/c1-37(2)14-24(39)32-19-8-17(12-30-13-19)15-3-4-22-21(10-15)26(36-35-22)28-33-23-5-6-31-25(27(23)34-28)16-7-18(29)11-20(38)9-16/h3-13,38H,14H2,1-2H3,(H,32,39)(H,33,34)(H,35,36). The Balaban J connectivity index is 1.39. The van der Waals surface area contributed by atoms with Crippen LogP contribution < -0.4 is 5.32 Å². The van der Waals surface area contributed by atoms with Crippen LogP contribution in [-0.2, 0) is 4.79 Å². The number of fused-ring (bicyclic) bond motifs is 2. The van der Waals surface area contributed by atoms with Crippen LogP contribution in [-0.4, -0.2) is 66.7 Å². The highest BCUT2D eigenvalue weighted by Crippen LogP contribution is 2.33. The van der Waals surface area contributed by atoms with Crippen LogP contribution in [0.3, 0.4) is 0 Å². The Morgan fingerprint density at radius 2 is 1.87 bits per heavy atom. The van der Waals surface area contributed by atoms with E-state index < -0.39 is 5.82 Å². The van der Waals surface area contributed by atoms with Gasteiger partial charge in [0.2, 0.25) is 5.91 Å². The lowest BCUT2D eigenvalue weighted by Crippen LogP contribution is -2.27. The first-order valence-electron chi connectivity index (χ1n) is 12.1. The van der Waals surface area contributed by atoms with Crippen LogP contribution >= 0.6 is 0 Å². The van der Waals surface area contributed by atoms with E-state index in [1.165, 1.54) is 12.1 Å². The van der Waals surface area contributed by atoms with Crippen molar-refractivity contribution in [3.63, 3.8) is 0 Å². The SMILES string of the molecule is CN(C)CC(=O)Nc1cncc(-c2ccc3[nH]nc(-c4nc5c(-c6cc(O)cc(F)c6)nccc5[nH]4)c3c2)c1. The van der Waals surface area contributed by atoms with Crippen molar-refractivity contribution < 1.29 is 14.3 Å². The van der Waals surface area contributed by atoms with Gasteiger partial charge in [0.25, 0.3) is 0 Å². The summed E-state index contributed by atoms with van der Waals surface area (Å²) in [4.78, 5) is 30.7. The molecule has 39 heavy (non-hydrogen) atoms. The lowest BCUT2D eigenvalue weighted by Gasteiger charge is -2.11. The fraction of sp³-hybridized carbons (Fsp3) is 0.107. The summed E-state index contributed by atoms with van der Waals surface area (Å²) >= 11 is 0. The number of nitrogens with one attached hydrogen (secondary N) is 3. The average Bonchev–Trinajstić information content (AvgIpc) is 3.51. The lowest BCUT2D eigenvalue weighted by molar-refractivity contribution is -0.116. The molecule has 0 saturated carbocycles. The van der Waals surface area contributed by atoms with Crippen molar-refractivity contribution in [1.82, 2.24) is 35.0 Å². The monoisotopic (exact) mass is 522 g/mol. The normalized spacial score (nSPS) is 11.5. The minimum atomic E-state index is -0.568. The number of H-pyrrole nitrogens is 2. The summed E-state index contributed by atoms with van der Waals surface area (Å²) in [7, 11) is 3.66. The van der Waals surface area contributed by atoms with Crippen LogP contribution in [0.15, 0.2) is 67.1 Å². The van der Waals surface area contributed by atoms with E-state index in [0.717, 1.165) is 28.1 Å². The van der Waals surface area contributed by atoms with Crippen LogP contribution in [0.1, 0.15) is 0 Å². The number of likely N-dealkylation sites (N-methyl/N-ethyl adjacent to an activating group) is 1. The van der Waals surface area contributed by atoms with Gasteiger partial charge in [0, 0.05) is 35.0 Å². The number of rotatable bonds is 6. The first-order chi connectivity index (χ1) is 18.8. The number of aromatic hydroxyl groups is 1. The molecule has 4 aromatic heterocycles. The van der Waals surface area contributed by atoms with Gasteiger partial charge in [-0.25, -0.2) is 9.37 Å². The number of halogens is 1. The Morgan fingerprint density at radius 1 is 1.00 bits per heavy atom. The van der Waals surface area contributed by atoms with Gasteiger partial charge in [-0.2, -0.15) is 5.10 Å². The van der Waals surface area contributed by atoms with Gasteiger partial charge in [-0.1, -0.05) is 6.07 Å². The molecule has 4 heterocycles. The molecule has 0 aliphatic rings. The maximum Gasteiger partial charge on any atom is 0.238 e. The number of phenols is 1. The molecular formula is C28H23FN8O2. The molecule has 2 aromatic carbocycles. The van der Waals surface area contributed by atoms with Crippen LogP contribution in [0.25, 0.3) is 55.8 Å². The molecule has 0 saturated heterocycles. The Hall–Kier alpha value is -5.16. The minimum absolute atomic E-state index is 0.126. The third kappa shape index (κ3) is 4.78. The largest absolute Gasteiger partial charge is 0.508 e. The number of aromatic nitrogens is 6. The summed E-state index contributed by atoms with van der Waals surface area (Å²) in [6.45, 7) is 0.268. The number of benzene rings is 2. The van der Waals surface area contributed by atoms with E-state index in [1.807, 2.05) is 38.4 Å². The maximum atomic E-state index is 14.0. The number of carbonyl (C=O) groups excluding carboxylic acids is 1. The Labute approximate surface area is 221 Å². The second-order valence-electron chi connectivity index (χ2n) is 9.42. The second-order valence-corrected chi connectivity index (χ2v) is 9.42. The molecule has 0 spiro atoms. The molecule has 0 radical (unpaired) electrons. The number of phenolic OH excluding ortho intramolecular Hbond substituents is 1. The fourth-order valence-electron chi connectivity index (χ4n) is 4.50. The molecule has 10 nitrogen and oxygen atoms in total. The topological polar surface area (TPSA) is 136 Å². The van der Waals surface area contributed by atoms with Crippen molar-refractivity contribution in [2.24, 2.45) is 0 Å². The molecule has 11 heteroatoms. The highest BCUT2D eigenvalue weighted by molar-refractivity contribution is 5.98. The molecule has 194 valence electrons. The third-order valence-corrected chi connectivity index (χ3v) is 6.16. The van der Waals surface area contributed by atoms with E-state index in [2.05, 4.69) is 30.5 Å². The van der Waals surface area contributed by atoms with E-state index in [9.17, 15) is 14.3 Å². The van der Waals surface area contributed by atoms with Crippen molar-refractivity contribution in [3.8, 4) is 39.7 Å². The number of pyridine rings is 2. The summed E-state index contributed by atoms with van der Waals surface area (Å²) < 4.78 is 14.0. The average molecular weight is 523 g/mol.